The molecule has 0 bridgehead atoms. The monoisotopic (exact) mass is 619 g/mol. The molecular weight excluding hydrogens is 592 g/mol. The van der Waals surface area contributed by atoms with Crippen LogP contribution in [-0.2, 0) is 36.8 Å². The Labute approximate surface area is 223 Å². The van der Waals surface area contributed by atoms with Crippen molar-refractivity contribution < 1.29 is 72.1 Å². The average Bonchev–Trinajstić information content (AvgIpc) is 3.13. The van der Waals surface area contributed by atoms with Crippen LogP contribution in [0.2, 0.25) is 0 Å². The summed E-state index contributed by atoms with van der Waals surface area (Å²) in [4.78, 5) is 60.8. The number of aliphatic hydroxyl groups excluding tert-OH is 5. The lowest BCUT2D eigenvalue weighted by atomic mass is 9.93. The van der Waals surface area contributed by atoms with Gasteiger partial charge in [0, 0.05) is 19.2 Å². The van der Waals surface area contributed by atoms with Crippen LogP contribution in [0.5, 0.6) is 0 Å². The molecule has 2 aliphatic heterocycles. The fraction of sp³-hybridized carbons (Fsp3) is 0.722. The minimum atomic E-state index is -5.75. The highest BCUT2D eigenvalue weighted by Gasteiger charge is 2.46. The summed E-state index contributed by atoms with van der Waals surface area (Å²) in [5.41, 5.74) is -1.77. The number of rotatable bonds is 11. The van der Waals surface area contributed by atoms with Crippen molar-refractivity contribution in [2.24, 2.45) is 0 Å². The third kappa shape index (κ3) is 7.90. The molecule has 0 aromatic carbocycles. The summed E-state index contributed by atoms with van der Waals surface area (Å²) >= 11 is 0. The summed E-state index contributed by atoms with van der Waals surface area (Å²) in [6.45, 7) is -1.89. The van der Waals surface area contributed by atoms with E-state index in [1.165, 1.54) is 0 Å². The molecule has 11 atom stereocenters. The molecule has 1 amide bonds. The fourth-order valence-electron chi connectivity index (χ4n) is 3.97. The number of nitrogens with one attached hydrogen (secondary N) is 2. The quantitative estimate of drug-likeness (QED) is 0.113. The van der Waals surface area contributed by atoms with Crippen molar-refractivity contribution in [1.82, 2.24) is 14.9 Å². The SMILES string of the molecule is CC(=O)N[C@@H]1[C@@H](O)[C@@H](O)[C@@H](CO)O[C@@H]1COP(=O)([O-])OP(=O)([O-])OC[C@H]1O[C@@H](n2ccc(=O)[nH]c2=O)[C@H](O)[C@@H]1O. The van der Waals surface area contributed by atoms with E-state index in [4.69, 9.17) is 9.47 Å². The molecule has 2 saturated heterocycles. The molecule has 2 aliphatic rings. The number of phosphoric acid groups is 2. The normalized spacial score (nSPS) is 35.5. The summed E-state index contributed by atoms with van der Waals surface area (Å²) in [5, 5.41) is 52.0. The molecule has 228 valence electrons. The van der Waals surface area contributed by atoms with Gasteiger partial charge in [-0.15, -0.1) is 0 Å². The largest absolute Gasteiger partial charge is 0.756 e. The van der Waals surface area contributed by atoms with Crippen LogP contribution in [0, 0.1) is 0 Å². The molecule has 1 aromatic heterocycles. The van der Waals surface area contributed by atoms with Gasteiger partial charge in [-0.2, -0.15) is 0 Å². The van der Waals surface area contributed by atoms with Gasteiger partial charge < -0.3 is 59.2 Å². The summed E-state index contributed by atoms with van der Waals surface area (Å²) in [6.07, 6.45) is -12.2. The molecule has 20 nitrogen and oxygen atoms in total. The number of aromatic amines is 1. The molecule has 0 saturated carbocycles. The lowest BCUT2D eigenvalue weighted by molar-refractivity contribution is -0.250. The molecule has 3 heterocycles. The predicted molar refractivity (Wildman–Crippen MR) is 121 cm³/mol. The average molecular weight is 619 g/mol. The van der Waals surface area contributed by atoms with Gasteiger partial charge in [-0.1, -0.05) is 0 Å². The first-order valence-corrected chi connectivity index (χ1v) is 14.3. The first-order chi connectivity index (χ1) is 18.5. The third-order valence-corrected chi connectivity index (χ3v) is 8.39. The number of hydrogen-bond donors (Lipinski definition) is 7. The van der Waals surface area contributed by atoms with Crippen molar-refractivity contribution >= 4 is 21.6 Å². The molecule has 0 aliphatic carbocycles. The maximum atomic E-state index is 12.2. The highest BCUT2D eigenvalue weighted by molar-refractivity contribution is 7.59. The van der Waals surface area contributed by atoms with Crippen LogP contribution in [-0.4, -0.2) is 110 Å². The number of H-pyrrole nitrogens is 1. The zero-order chi connectivity index (χ0) is 30.0. The van der Waals surface area contributed by atoms with Crippen molar-refractivity contribution in [1.29, 1.82) is 0 Å². The fourth-order valence-corrected chi connectivity index (χ4v) is 5.99. The van der Waals surface area contributed by atoms with Crippen LogP contribution >= 0.6 is 15.6 Å². The van der Waals surface area contributed by atoms with E-state index in [0.29, 0.717) is 4.57 Å². The predicted octanol–water partition coefficient (Wildman–Crippen LogP) is -5.87. The van der Waals surface area contributed by atoms with Crippen molar-refractivity contribution in [3.8, 4) is 0 Å². The van der Waals surface area contributed by atoms with Crippen molar-refractivity contribution in [3.05, 3.63) is 33.1 Å². The molecule has 7 N–H and O–H groups in total. The van der Waals surface area contributed by atoms with Gasteiger partial charge >= 0.3 is 5.69 Å². The van der Waals surface area contributed by atoms with Crippen LogP contribution in [0.25, 0.3) is 0 Å². The van der Waals surface area contributed by atoms with Gasteiger partial charge in [-0.05, 0) is 0 Å². The van der Waals surface area contributed by atoms with E-state index in [1.807, 2.05) is 4.98 Å². The Morgan fingerprint density at radius 1 is 1.00 bits per heavy atom. The summed E-state index contributed by atoms with van der Waals surface area (Å²) in [5.74, 6) is -0.708. The van der Waals surface area contributed by atoms with Crippen LogP contribution in [0.15, 0.2) is 21.9 Å². The highest BCUT2D eigenvalue weighted by atomic mass is 31.3. The number of nitrogens with zero attached hydrogens (tertiary/aromatic N) is 1. The lowest BCUT2D eigenvalue weighted by Gasteiger charge is -2.43. The number of aliphatic hydroxyl groups is 5. The van der Waals surface area contributed by atoms with Gasteiger partial charge in [0.2, 0.25) is 5.91 Å². The smallest absolute Gasteiger partial charge is 0.330 e. The number of ether oxygens (including phenoxy) is 2. The van der Waals surface area contributed by atoms with E-state index in [9.17, 15) is 58.8 Å². The first-order valence-electron chi connectivity index (χ1n) is 11.4. The molecule has 3 rings (SSSR count). The lowest BCUT2D eigenvalue weighted by Crippen LogP contribution is -2.64. The van der Waals surface area contributed by atoms with Gasteiger partial charge in [0.1, 0.15) is 42.7 Å². The van der Waals surface area contributed by atoms with Gasteiger partial charge in [-0.3, -0.25) is 28.3 Å². The maximum absolute atomic E-state index is 12.2. The number of hydrogen-bond acceptors (Lipinski definition) is 17. The number of aromatic nitrogens is 2. The van der Waals surface area contributed by atoms with E-state index in [-0.39, 0.29) is 0 Å². The van der Waals surface area contributed by atoms with Gasteiger partial charge in [0.05, 0.1) is 25.9 Å². The van der Waals surface area contributed by atoms with Crippen LogP contribution in [0.3, 0.4) is 0 Å². The summed E-state index contributed by atoms with van der Waals surface area (Å²) in [7, 11) is -11.5. The number of carbonyl (C=O) groups excluding carboxylic acids is 1. The molecule has 40 heavy (non-hydrogen) atoms. The second kappa shape index (κ2) is 13.0. The van der Waals surface area contributed by atoms with Gasteiger partial charge in [0.25, 0.3) is 21.2 Å². The van der Waals surface area contributed by atoms with Crippen molar-refractivity contribution in [2.75, 3.05) is 19.8 Å². The van der Waals surface area contributed by atoms with Gasteiger partial charge in [-0.25, -0.2) is 9.11 Å². The highest BCUT2D eigenvalue weighted by Crippen LogP contribution is 2.56. The summed E-state index contributed by atoms with van der Waals surface area (Å²) < 4.78 is 48.4. The molecule has 22 heteroatoms. The molecular formula is C18H27N3O17P2-2. The minimum absolute atomic E-state index is 0.708. The van der Waals surface area contributed by atoms with E-state index in [0.717, 1.165) is 19.2 Å². The maximum Gasteiger partial charge on any atom is 0.330 e. The first kappa shape index (κ1) is 32.6. The zero-order valence-electron chi connectivity index (χ0n) is 20.4. The third-order valence-electron chi connectivity index (χ3n) is 5.86. The standard InChI is InChI=1S/C18H29N3O17P2/c1-7(23)19-12-9(36-8(4-22)13(25)15(12)27)5-34-39(30,31)38-40(32,33)35-6-10-14(26)16(28)17(37-10)21-3-2-11(24)20-18(21)29/h2-3,8-10,12-17,22,25-28H,4-6H2,1H3,(H,19,23)(H,30,31)(H,32,33)(H,20,24,29)/p-2/t8-,9-,10-,12+,13+,14-,15-,16-,17-/m1/s1. The van der Waals surface area contributed by atoms with E-state index < -0.39 is 108 Å². The Morgan fingerprint density at radius 3 is 2.12 bits per heavy atom. The molecule has 1 aromatic rings. The Bertz CT molecular complexity index is 1260. The Morgan fingerprint density at radius 2 is 1.57 bits per heavy atom. The van der Waals surface area contributed by atoms with Crippen molar-refractivity contribution in [3.63, 3.8) is 0 Å². The van der Waals surface area contributed by atoms with Crippen molar-refractivity contribution in [2.45, 2.75) is 61.9 Å². The Balaban J connectivity index is 1.60. The van der Waals surface area contributed by atoms with Crippen LogP contribution in [0.4, 0.5) is 0 Å². The van der Waals surface area contributed by atoms with Crippen LogP contribution < -0.4 is 26.4 Å². The van der Waals surface area contributed by atoms with Gasteiger partial charge in [0.15, 0.2) is 6.23 Å². The topological polar surface area (TPSA) is 312 Å². The summed E-state index contributed by atoms with van der Waals surface area (Å²) in [6, 6.07) is -0.510. The second-order valence-corrected chi connectivity index (χ2v) is 11.7. The zero-order valence-corrected chi connectivity index (χ0v) is 22.2. The molecule has 0 spiro atoms. The second-order valence-electron chi connectivity index (χ2n) is 8.73. The number of carbonyl (C=O) groups is 1. The van der Waals surface area contributed by atoms with Crippen LogP contribution in [0.1, 0.15) is 13.2 Å². The Kier molecular flexibility index (Phi) is 10.6. The number of amides is 1. The molecule has 2 fully saturated rings. The van der Waals surface area contributed by atoms with E-state index in [1.54, 1.807) is 0 Å². The van der Waals surface area contributed by atoms with E-state index in [2.05, 4.69) is 18.7 Å². The van der Waals surface area contributed by atoms with E-state index >= 15 is 0 Å². The Hall–Kier alpha value is -1.87. The molecule has 0 radical (unpaired) electrons. The molecule has 2 unspecified atom stereocenters. The minimum Gasteiger partial charge on any atom is -0.756 e. The number of phosphoric ester groups is 2.